The van der Waals surface area contributed by atoms with Crippen molar-refractivity contribution in [2.75, 3.05) is 13.6 Å². The second-order valence-electron chi connectivity index (χ2n) is 5.57. The van der Waals surface area contributed by atoms with E-state index in [1.807, 2.05) is 6.21 Å². The molecule has 1 aromatic rings. The molecule has 2 aliphatic rings. The van der Waals surface area contributed by atoms with Gasteiger partial charge >= 0.3 is 0 Å². The molecule has 1 aliphatic heterocycles. The summed E-state index contributed by atoms with van der Waals surface area (Å²) in [7, 11) is -2.14. The van der Waals surface area contributed by atoms with Crippen molar-refractivity contribution in [3.05, 3.63) is 16.5 Å². The summed E-state index contributed by atoms with van der Waals surface area (Å²) >= 11 is 6.80. The number of nitrogens with zero attached hydrogens (tertiary/aromatic N) is 3. The number of halogens is 1. The van der Waals surface area contributed by atoms with Gasteiger partial charge in [0.2, 0.25) is 5.96 Å². The van der Waals surface area contributed by atoms with Gasteiger partial charge in [-0.25, -0.2) is 5.01 Å². The second-order valence-corrected chi connectivity index (χ2v) is 9.12. The highest BCUT2D eigenvalue weighted by molar-refractivity contribution is 7.92. The van der Waals surface area contributed by atoms with Crippen molar-refractivity contribution in [3.8, 4) is 0 Å². The topological polar surface area (TPSA) is 74.1 Å². The average molecular weight is 361 g/mol. The van der Waals surface area contributed by atoms with Gasteiger partial charge in [-0.2, -0.15) is 13.5 Å². The van der Waals surface area contributed by atoms with E-state index in [2.05, 4.69) is 14.8 Å². The van der Waals surface area contributed by atoms with Crippen LogP contribution in [0.4, 0.5) is 0 Å². The zero-order chi connectivity index (χ0) is 15.8. The Hall–Kier alpha value is -1.12. The van der Waals surface area contributed by atoms with E-state index in [0.29, 0.717) is 10.9 Å². The van der Waals surface area contributed by atoms with Crippen molar-refractivity contribution in [3.63, 3.8) is 0 Å². The van der Waals surface area contributed by atoms with Crippen molar-refractivity contribution in [2.24, 2.45) is 14.9 Å². The summed E-state index contributed by atoms with van der Waals surface area (Å²) in [5, 5.41) is 8.83. The first-order valence-corrected chi connectivity index (χ1v) is 9.68. The van der Waals surface area contributed by atoms with Gasteiger partial charge in [0.1, 0.15) is 4.21 Å². The lowest BCUT2D eigenvalue weighted by atomic mass is 9.88. The van der Waals surface area contributed by atoms with E-state index in [0.717, 1.165) is 24.2 Å². The summed E-state index contributed by atoms with van der Waals surface area (Å²) in [4.78, 5) is 0. The maximum absolute atomic E-state index is 12.3. The Labute approximate surface area is 138 Å². The SMILES string of the molecule is CN/C(=N\S(=O)(=O)c1ccc(Cl)s1)N1CC2(C=N1)CCCC2. The van der Waals surface area contributed by atoms with Gasteiger partial charge in [0.05, 0.1) is 10.9 Å². The van der Waals surface area contributed by atoms with Crippen LogP contribution in [0.2, 0.25) is 4.34 Å². The van der Waals surface area contributed by atoms with E-state index >= 15 is 0 Å². The Kier molecular flexibility index (Phi) is 4.17. The normalized spacial score (nSPS) is 21.0. The molecule has 0 bridgehead atoms. The number of thiophene rings is 1. The molecule has 3 rings (SSSR count). The molecule has 2 heterocycles. The molecule has 0 amide bonds. The Morgan fingerprint density at radius 1 is 1.45 bits per heavy atom. The Morgan fingerprint density at radius 3 is 2.77 bits per heavy atom. The number of hydrogen-bond donors (Lipinski definition) is 1. The minimum absolute atomic E-state index is 0.0770. The quantitative estimate of drug-likeness (QED) is 0.649. The molecule has 0 saturated heterocycles. The maximum atomic E-state index is 12.3. The summed E-state index contributed by atoms with van der Waals surface area (Å²) in [6.45, 7) is 0.674. The minimum Gasteiger partial charge on any atom is -0.357 e. The van der Waals surface area contributed by atoms with Gasteiger partial charge in [-0.05, 0) is 25.0 Å². The summed E-state index contributed by atoms with van der Waals surface area (Å²) in [6.07, 6.45) is 6.52. The van der Waals surface area contributed by atoms with E-state index in [-0.39, 0.29) is 15.6 Å². The van der Waals surface area contributed by atoms with Crippen LogP contribution >= 0.6 is 22.9 Å². The van der Waals surface area contributed by atoms with Crippen LogP contribution in [0.3, 0.4) is 0 Å². The van der Waals surface area contributed by atoms with Crippen molar-refractivity contribution < 1.29 is 8.42 Å². The second kappa shape index (κ2) is 5.82. The standard InChI is InChI=1S/C13H17ClN4O2S2/c1-15-12(17-22(19,20)11-5-4-10(14)21-11)18-9-13(8-16-18)6-2-3-7-13/h4-5,8H,2-3,6-7,9H2,1H3,(H,15,17). The van der Waals surface area contributed by atoms with Crippen LogP contribution < -0.4 is 5.32 Å². The third-order valence-electron chi connectivity index (χ3n) is 4.01. The molecule has 1 spiro atoms. The molecule has 1 fully saturated rings. The molecule has 0 radical (unpaired) electrons. The van der Waals surface area contributed by atoms with E-state index in [1.54, 1.807) is 18.1 Å². The molecule has 120 valence electrons. The van der Waals surface area contributed by atoms with Crippen LogP contribution in [0.5, 0.6) is 0 Å². The fourth-order valence-corrected chi connectivity index (χ4v) is 5.34. The first kappa shape index (κ1) is 15.8. The van der Waals surface area contributed by atoms with Crippen molar-refractivity contribution in [1.82, 2.24) is 10.3 Å². The number of hydrazone groups is 1. The lowest BCUT2D eigenvalue weighted by molar-refractivity contribution is 0.341. The molecule has 1 aromatic heterocycles. The summed E-state index contributed by atoms with van der Waals surface area (Å²) < 4.78 is 29.1. The fourth-order valence-electron chi connectivity index (χ4n) is 2.88. The molecule has 0 unspecified atom stereocenters. The van der Waals surface area contributed by atoms with Crippen LogP contribution in [0.1, 0.15) is 25.7 Å². The predicted molar refractivity (Wildman–Crippen MR) is 89.1 cm³/mol. The first-order chi connectivity index (χ1) is 10.4. The van der Waals surface area contributed by atoms with Crippen molar-refractivity contribution in [1.29, 1.82) is 0 Å². The highest BCUT2D eigenvalue weighted by Crippen LogP contribution is 2.40. The Morgan fingerprint density at radius 2 is 2.18 bits per heavy atom. The Balaban J connectivity index is 1.84. The van der Waals surface area contributed by atoms with Crippen molar-refractivity contribution >= 4 is 45.1 Å². The smallest absolute Gasteiger partial charge is 0.295 e. The zero-order valence-corrected chi connectivity index (χ0v) is 14.5. The predicted octanol–water partition coefficient (Wildman–Crippen LogP) is 2.53. The molecular weight excluding hydrogens is 344 g/mol. The largest absolute Gasteiger partial charge is 0.357 e. The van der Waals surface area contributed by atoms with Crippen molar-refractivity contribution in [2.45, 2.75) is 29.9 Å². The summed E-state index contributed by atoms with van der Waals surface area (Å²) in [6, 6.07) is 3.01. The molecule has 1 N–H and O–H groups in total. The molecule has 0 aromatic carbocycles. The highest BCUT2D eigenvalue weighted by atomic mass is 35.5. The van der Waals surface area contributed by atoms with Crippen LogP contribution in [0.15, 0.2) is 25.8 Å². The number of guanidine groups is 1. The number of hydrogen-bond acceptors (Lipinski definition) is 4. The van der Waals surface area contributed by atoms with Crippen LogP contribution in [0.25, 0.3) is 0 Å². The lowest BCUT2D eigenvalue weighted by Crippen LogP contribution is -2.38. The maximum Gasteiger partial charge on any atom is 0.295 e. The van der Waals surface area contributed by atoms with Gasteiger partial charge in [0, 0.05) is 18.7 Å². The van der Waals surface area contributed by atoms with Gasteiger partial charge in [0.25, 0.3) is 10.0 Å². The molecule has 9 heteroatoms. The van der Waals surface area contributed by atoms with Gasteiger partial charge in [-0.15, -0.1) is 15.7 Å². The lowest BCUT2D eigenvalue weighted by Gasteiger charge is -2.22. The van der Waals surface area contributed by atoms with Crippen LogP contribution in [0, 0.1) is 5.41 Å². The number of nitrogens with one attached hydrogen (secondary N) is 1. The third-order valence-corrected chi connectivity index (χ3v) is 6.98. The van der Waals surface area contributed by atoms with E-state index < -0.39 is 10.0 Å². The van der Waals surface area contributed by atoms with Crippen LogP contribution in [-0.4, -0.2) is 39.2 Å². The molecule has 0 atom stereocenters. The summed E-state index contributed by atoms with van der Waals surface area (Å²) in [5.41, 5.74) is 0.0770. The van der Waals surface area contributed by atoms with Gasteiger partial charge in [-0.3, -0.25) is 0 Å². The minimum atomic E-state index is -3.78. The summed E-state index contributed by atoms with van der Waals surface area (Å²) in [5.74, 6) is 0.240. The zero-order valence-electron chi connectivity index (χ0n) is 12.1. The molecule has 6 nitrogen and oxygen atoms in total. The Bertz CT molecular complexity index is 720. The van der Waals surface area contributed by atoms with E-state index in [9.17, 15) is 8.42 Å². The van der Waals surface area contributed by atoms with E-state index in [1.165, 1.54) is 18.9 Å². The molecule has 1 saturated carbocycles. The number of rotatable bonds is 2. The molecule has 1 aliphatic carbocycles. The van der Waals surface area contributed by atoms with Crippen LogP contribution in [-0.2, 0) is 10.0 Å². The average Bonchev–Trinajstić information content (AvgIpc) is 3.20. The fraction of sp³-hybridized carbons (Fsp3) is 0.538. The van der Waals surface area contributed by atoms with Gasteiger partial charge in [-0.1, -0.05) is 24.4 Å². The monoisotopic (exact) mass is 360 g/mol. The van der Waals surface area contributed by atoms with Gasteiger partial charge in [0.15, 0.2) is 0 Å². The third kappa shape index (κ3) is 3.00. The van der Waals surface area contributed by atoms with E-state index in [4.69, 9.17) is 11.6 Å². The first-order valence-electron chi connectivity index (χ1n) is 7.05. The van der Waals surface area contributed by atoms with Gasteiger partial charge < -0.3 is 5.32 Å². The highest BCUT2D eigenvalue weighted by Gasteiger charge is 2.39. The molecular formula is C13H17ClN4O2S2. The molecule has 22 heavy (non-hydrogen) atoms. The number of sulfonamides is 1.